The van der Waals surface area contributed by atoms with Crippen LogP contribution in [0.3, 0.4) is 0 Å². The van der Waals surface area contributed by atoms with Gasteiger partial charge in [-0.15, -0.1) is 0 Å². The Morgan fingerprint density at radius 2 is 1.79 bits per heavy atom. The molecule has 3 nitrogen and oxygen atoms in total. The van der Waals surface area contributed by atoms with Crippen LogP contribution in [0, 0.1) is 6.92 Å². The molecule has 0 aromatic heterocycles. The zero-order chi connectivity index (χ0) is 14.5. The number of hydrogen-bond acceptors (Lipinski definition) is 3. The van der Waals surface area contributed by atoms with Crippen LogP contribution in [0.25, 0.3) is 0 Å². The average molecular weight is 266 g/mol. The van der Waals surface area contributed by atoms with Crippen molar-refractivity contribution in [2.24, 2.45) is 0 Å². The van der Waals surface area contributed by atoms with Crippen molar-refractivity contribution >= 4 is 0 Å². The monoisotopic (exact) mass is 266 g/mol. The van der Waals surface area contributed by atoms with Gasteiger partial charge in [0.05, 0.1) is 5.60 Å². The number of ether oxygens (including phenoxy) is 2. The number of aryl methyl sites for hydroxylation is 1. The van der Waals surface area contributed by atoms with E-state index >= 15 is 0 Å². The van der Waals surface area contributed by atoms with Gasteiger partial charge in [0, 0.05) is 6.61 Å². The summed E-state index contributed by atoms with van der Waals surface area (Å²) < 4.78 is 11.3. The van der Waals surface area contributed by atoms with E-state index in [0.29, 0.717) is 13.0 Å². The zero-order valence-corrected chi connectivity index (χ0v) is 12.6. The first kappa shape index (κ1) is 16.2. The summed E-state index contributed by atoms with van der Waals surface area (Å²) >= 11 is 0. The largest absolute Gasteiger partial charge is 0.387 e. The molecule has 0 saturated heterocycles. The molecule has 19 heavy (non-hydrogen) atoms. The lowest BCUT2D eigenvalue weighted by Crippen LogP contribution is -2.36. The van der Waals surface area contributed by atoms with Crippen LogP contribution in [0.2, 0.25) is 0 Å². The number of rotatable bonds is 7. The highest BCUT2D eigenvalue weighted by Gasteiger charge is 2.33. The highest BCUT2D eigenvalue weighted by atomic mass is 16.7. The van der Waals surface area contributed by atoms with Gasteiger partial charge in [0.25, 0.3) is 0 Å². The maximum Gasteiger partial charge on any atom is 0.155 e. The molecular weight excluding hydrogens is 240 g/mol. The summed E-state index contributed by atoms with van der Waals surface area (Å²) in [4.78, 5) is 0. The molecule has 1 unspecified atom stereocenters. The lowest BCUT2D eigenvalue weighted by Gasteiger charge is -2.34. The second-order valence-corrected chi connectivity index (χ2v) is 5.16. The molecule has 0 bridgehead atoms. The SMILES string of the molecule is CCOC(C)O[C@H](c1ccc(C)cc1)[C@@](C)(O)CC. The smallest absolute Gasteiger partial charge is 0.155 e. The summed E-state index contributed by atoms with van der Waals surface area (Å²) in [6.07, 6.45) is -0.112. The Labute approximate surface area is 116 Å². The van der Waals surface area contributed by atoms with Crippen LogP contribution in [0.1, 0.15) is 51.3 Å². The van der Waals surface area contributed by atoms with Crippen molar-refractivity contribution in [1.82, 2.24) is 0 Å². The maximum atomic E-state index is 10.5. The van der Waals surface area contributed by atoms with Crippen LogP contribution in [-0.4, -0.2) is 23.6 Å². The Balaban J connectivity index is 2.95. The molecule has 0 saturated carbocycles. The number of hydrogen-bond donors (Lipinski definition) is 1. The highest BCUT2D eigenvalue weighted by Crippen LogP contribution is 2.33. The van der Waals surface area contributed by atoms with E-state index in [-0.39, 0.29) is 12.4 Å². The van der Waals surface area contributed by atoms with E-state index in [1.165, 1.54) is 5.56 Å². The second kappa shape index (κ2) is 7.04. The Morgan fingerprint density at radius 3 is 2.26 bits per heavy atom. The van der Waals surface area contributed by atoms with Gasteiger partial charge in [0.1, 0.15) is 6.10 Å². The third-order valence-electron chi connectivity index (χ3n) is 3.39. The van der Waals surface area contributed by atoms with Crippen LogP contribution in [0.15, 0.2) is 24.3 Å². The minimum atomic E-state index is -0.916. The predicted molar refractivity (Wildman–Crippen MR) is 77.0 cm³/mol. The lowest BCUT2D eigenvalue weighted by molar-refractivity contribution is -0.207. The van der Waals surface area contributed by atoms with E-state index < -0.39 is 5.60 Å². The Kier molecular flexibility index (Phi) is 5.98. The normalized spacial score (nSPS) is 17.8. The molecule has 0 heterocycles. The van der Waals surface area contributed by atoms with Crippen LogP contribution in [0.5, 0.6) is 0 Å². The summed E-state index contributed by atoms with van der Waals surface area (Å²) in [6, 6.07) is 8.07. The van der Waals surface area contributed by atoms with Gasteiger partial charge in [-0.2, -0.15) is 0 Å². The van der Waals surface area contributed by atoms with Gasteiger partial charge >= 0.3 is 0 Å². The van der Waals surface area contributed by atoms with Crippen LogP contribution in [-0.2, 0) is 9.47 Å². The first-order valence-electron chi connectivity index (χ1n) is 6.96. The Hall–Kier alpha value is -0.900. The van der Waals surface area contributed by atoms with E-state index in [1.807, 2.05) is 52.0 Å². The van der Waals surface area contributed by atoms with Crippen molar-refractivity contribution in [3.63, 3.8) is 0 Å². The molecule has 0 radical (unpaired) electrons. The average Bonchev–Trinajstić information content (AvgIpc) is 2.37. The molecule has 0 aliphatic heterocycles. The third kappa shape index (κ3) is 4.60. The molecule has 1 N–H and O–H groups in total. The molecule has 108 valence electrons. The molecular formula is C16H26O3. The minimum Gasteiger partial charge on any atom is -0.387 e. The topological polar surface area (TPSA) is 38.7 Å². The summed E-state index contributed by atoms with van der Waals surface area (Å²) in [7, 11) is 0. The minimum absolute atomic E-state index is 0.339. The quantitative estimate of drug-likeness (QED) is 0.766. The molecule has 1 rings (SSSR count). The van der Waals surface area contributed by atoms with E-state index in [2.05, 4.69) is 0 Å². The van der Waals surface area contributed by atoms with Gasteiger partial charge in [-0.25, -0.2) is 0 Å². The Morgan fingerprint density at radius 1 is 1.21 bits per heavy atom. The van der Waals surface area contributed by atoms with Gasteiger partial charge in [0.15, 0.2) is 6.29 Å². The zero-order valence-electron chi connectivity index (χ0n) is 12.6. The standard InChI is InChI=1S/C16H26O3/c1-6-16(5,17)15(19-13(4)18-7-2)14-10-8-12(3)9-11-14/h8-11,13,15,17H,6-7H2,1-5H3/t13?,15-,16+/m1/s1. The van der Waals surface area contributed by atoms with Crippen molar-refractivity contribution in [2.75, 3.05) is 6.61 Å². The van der Waals surface area contributed by atoms with E-state index in [1.54, 1.807) is 6.92 Å². The fourth-order valence-electron chi connectivity index (χ4n) is 1.98. The van der Waals surface area contributed by atoms with Crippen molar-refractivity contribution < 1.29 is 14.6 Å². The van der Waals surface area contributed by atoms with Crippen LogP contribution < -0.4 is 0 Å². The van der Waals surface area contributed by atoms with Gasteiger partial charge in [0.2, 0.25) is 0 Å². The number of benzene rings is 1. The first-order chi connectivity index (χ1) is 8.90. The molecule has 0 spiro atoms. The van der Waals surface area contributed by atoms with E-state index in [9.17, 15) is 5.11 Å². The van der Waals surface area contributed by atoms with Gasteiger partial charge in [-0.05, 0) is 39.7 Å². The molecule has 1 aromatic carbocycles. The van der Waals surface area contributed by atoms with Crippen LogP contribution in [0.4, 0.5) is 0 Å². The lowest BCUT2D eigenvalue weighted by atomic mass is 9.90. The van der Waals surface area contributed by atoms with Crippen molar-refractivity contribution in [2.45, 2.75) is 59.0 Å². The third-order valence-corrected chi connectivity index (χ3v) is 3.39. The molecule has 0 aliphatic rings. The molecule has 0 fully saturated rings. The molecule has 3 heteroatoms. The predicted octanol–water partition coefficient (Wildman–Crippen LogP) is 3.60. The molecule has 1 aromatic rings. The second-order valence-electron chi connectivity index (χ2n) is 5.16. The van der Waals surface area contributed by atoms with Gasteiger partial charge in [-0.3, -0.25) is 0 Å². The van der Waals surface area contributed by atoms with Crippen LogP contribution >= 0.6 is 0 Å². The summed E-state index contributed by atoms with van der Waals surface area (Å²) in [5.74, 6) is 0. The van der Waals surface area contributed by atoms with Gasteiger partial charge < -0.3 is 14.6 Å². The summed E-state index contributed by atoms with van der Waals surface area (Å²) in [5, 5.41) is 10.5. The Bertz CT molecular complexity index is 370. The summed E-state index contributed by atoms with van der Waals surface area (Å²) in [5.41, 5.74) is 1.25. The van der Waals surface area contributed by atoms with Crippen molar-refractivity contribution in [3.05, 3.63) is 35.4 Å². The first-order valence-corrected chi connectivity index (χ1v) is 6.96. The molecule has 0 aliphatic carbocycles. The fourth-order valence-corrected chi connectivity index (χ4v) is 1.98. The van der Waals surface area contributed by atoms with Crippen molar-refractivity contribution in [1.29, 1.82) is 0 Å². The van der Waals surface area contributed by atoms with Crippen molar-refractivity contribution in [3.8, 4) is 0 Å². The summed E-state index contributed by atoms with van der Waals surface area (Å²) in [6.45, 7) is 10.2. The highest BCUT2D eigenvalue weighted by molar-refractivity contribution is 5.25. The number of aliphatic hydroxyl groups is 1. The van der Waals surface area contributed by atoms with Gasteiger partial charge in [-0.1, -0.05) is 36.8 Å². The molecule has 0 amide bonds. The van der Waals surface area contributed by atoms with E-state index in [4.69, 9.17) is 9.47 Å². The molecule has 3 atom stereocenters. The van der Waals surface area contributed by atoms with E-state index in [0.717, 1.165) is 5.56 Å². The maximum absolute atomic E-state index is 10.5. The fraction of sp³-hybridized carbons (Fsp3) is 0.625.